The highest BCUT2D eigenvalue weighted by atomic mass is 32.2. The summed E-state index contributed by atoms with van der Waals surface area (Å²) < 4.78 is 10.5. The summed E-state index contributed by atoms with van der Waals surface area (Å²) in [5.74, 6) is 5.23. The Labute approximate surface area is 144 Å². The van der Waals surface area contributed by atoms with E-state index in [1.807, 2.05) is 0 Å². The molecule has 1 amide bonds. The molecule has 132 valence electrons. The van der Waals surface area contributed by atoms with E-state index in [0.717, 1.165) is 11.8 Å². The van der Waals surface area contributed by atoms with E-state index in [4.69, 9.17) is 20.4 Å². The first-order valence-corrected chi connectivity index (χ1v) is 7.73. The van der Waals surface area contributed by atoms with Gasteiger partial charge < -0.3 is 20.4 Å². The van der Waals surface area contributed by atoms with Gasteiger partial charge in [0.15, 0.2) is 10.3 Å². The van der Waals surface area contributed by atoms with Crippen LogP contribution in [0, 0.1) is 0 Å². The van der Waals surface area contributed by atoms with Crippen molar-refractivity contribution in [3.05, 3.63) is 35.5 Å². The maximum atomic E-state index is 11.7. The second kappa shape index (κ2) is 9.08. The summed E-state index contributed by atoms with van der Waals surface area (Å²) in [5, 5.41) is 15.1. The molecule has 0 fully saturated rings. The molecule has 0 saturated carbocycles. The van der Waals surface area contributed by atoms with Crippen molar-refractivity contribution in [2.75, 3.05) is 0 Å². The minimum atomic E-state index is -0.683. The molecule has 0 bridgehead atoms. The Kier molecular flexibility index (Phi) is 7.46. The number of hydrogen-bond acceptors (Lipinski definition) is 9. The second-order valence-electron chi connectivity index (χ2n) is 5.48. The van der Waals surface area contributed by atoms with E-state index in [0.29, 0.717) is 11.4 Å². The smallest absolute Gasteiger partial charge is 0.413 e. The first-order chi connectivity index (χ1) is 11.2. The zero-order chi connectivity index (χ0) is 18.2. The standard InChI is InChI=1S/C14H21N5O4S/c1-9(22-8-11-6-16-10(7-20)5-17-11)24-12(19-15)18-13(21)23-14(2,3)4/h5-6,20H,1,7-8,15H2,2-4H3,(H,18,19,21). The molecular weight excluding hydrogens is 334 g/mol. The highest BCUT2D eigenvalue weighted by Gasteiger charge is 2.18. The average molecular weight is 355 g/mol. The Morgan fingerprint density at radius 2 is 2.04 bits per heavy atom. The van der Waals surface area contributed by atoms with Gasteiger partial charge in [-0.05, 0) is 39.1 Å². The quantitative estimate of drug-likeness (QED) is 0.238. The molecule has 1 aromatic rings. The fourth-order valence-electron chi connectivity index (χ4n) is 1.30. The number of carbonyl (C=O) groups is 1. The van der Waals surface area contributed by atoms with Crippen molar-refractivity contribution in [2.45, 2.75) is 39.6 Å². The van der Waals surface area contributed by atoms with Crippen molar-refractivity contribution in [1.29, 1.82) is 0 Å². The van der Waals surface area contributed by atoms with Crippen LogP contribution in [0.25, 0.3) is 0 Å². The topological polar surface area (TPSA) is 132 Å². The number of hydrogen-bond donors (Lipinski definition) is 3. The van der Waals surface area contributed by atoms with Gasteiger partial charge in [-0.1, -0.05) is 0 Å². The first-order valence-electron chi connectivity index (χ1n) is 6.91. The fourth-order valence-corrected chi connectivity index (χ4v) is 1.83. The van der Waals surface area contributed by atoms with Gasteiger partial charge in [-0.2, -0.15) is 5.10 Å². The van der Waals surface area contributed by atoms with Crippen LogP contribution in [0.3, 0.4) is 0 Å². The molecular formula is C14H21N5O4S. The minimum Gasteiger partial charge on any atom is -0.481 e. The van der Waals surface area contributed by atoms with E-state index < -0.39 is 11.7 Å². The molecule has 0 aliphatic rings. The van der Waals surface area contributed by atoms with E-state index in [1.165, 1.54) is 12.4 Å². The molecule has 0 saturated heterocycles. The Morgan fingerprint density at radius 1 is 1.42 bits per heavy atom. The van der Waals surface area contributed by atoms with Crippen molar-refractivity contribution < 1.29 is 19.4 Å². The van der Waals surface area contributed by atoms with Crippen molar-refractivity contribution in [3.63, 3.8) is 0 Å². The summed E-state index contributed by atoms with van der Waals surface area (Å²) in [6.45, 7) is 8.86. The number of thioether (sulfide) groups is 1. The summed E-state index contributed by atoms with van der Waals surface area (Å²) in [4.78, 5) is 19.7. The first kappa shape index (κ1) is 19.7. The van der Waals surface area contributed by atoms with Crippen molar-refractivity contribution in [2.24, 2.45) is 10.9 Å². The number of nitrogens with zero attached hydrogens (tertiary/aromatic N) is 3. The number of aromatic nitrogens is 2. The monoisotopic (exact) mass is 355 g/mol. The molecule has 0 aromatic carbocycles. The number of carbonyl (C=O) groups excluding carboxylic acids is 1. The molecule has 0 spiro atoms. The maximum absolute atomic E-state index is 11.7. The summed E-state index contributed by atoms with van der Waals surface area (Å²) in [6.07, 6.45) is 2.25. The Bertz CT molecular complexity index is 598. The van der Waals surface area contributed by atoms with Crippen molar-refractivity contribution in [1.82, 2.24) is 15.3 Å². The molecule has 0 aliphatic carbocycles. The van der Waals surface area contributed by atoms with E-state index in [1.54, 1.807) is 20.8 Å². The number of amides is 1. The van der Waals surface area contributed by atoms with E-state index >= 15 is 0 Å². The highest BCUT2D eigenvalue weighted by Crippen LogP contribution is 2.17. The molecule has 0 atom stereocenters. The van der Waals surface area contributed by atoms with E-state index in [9.17, 15) is 4.79 Å². The molecule has 4 N–H and O–H groups in total. The van der Waals surface area contributed by atoms with Crippen molar-refractivity contribution >= 4 is 23.0 Å². The maximum Gasteiger partial charge on any atom is 0.413 e. The van der Waals surface area contributed by atoms with Crippen LogP contribution < -0.4 is 11.2 Å². The molecule has 9 nitrogen and oxygen atoms in total. The SMILES string of the molecule is C=C(OCc1cnc(CO)cn1)S/C(=N\N)NC(=O)OC(C)(C)C. The summed E-state index contributed by atoms with van der Waals surface area (Å²) >= 11 is 0.934. The van der Waals surface area contributed by atoms with Crippen LogP contribution in [0.1, 0.15) is 32.2 Å². The molecule has 10 heteroatoms. The van der Waals surface area contributed by atoms with Gasteiger partial charge in [0.2, 0.25) is 0 Å². The van der Waals surface area contributed by atoms with Crippen LogP contribution >= 0.6 is 11.8 Å². The number of amidine groups is 1. The van der Waals surface area contributed by atoms with Gasteiger partial charge >= 0.3 is 6.09 Å². The summed E-state index contributed by atoms with van der Waals surface area (Å²) in [7, 11) is 0. The molecule has 0 radical (unpaired) electrons. The number of aliphatic hydroxyl groups is 1. The molecule has 1 aromatic heterocycles. The molecule has 0 aliphatic heterocycles. The Morgan fingerprint density at radius 3 is 2.54 bits per heavy atom. The second-order valence-corrected chi connectivity index (χ2v) is 6.53. The number of aliphatic hydroxyl groups excluding tert-OH is 1. The number of ether oxygens (including phenoxy) is 2. The van der Waals surface area contributed by atoms with E-state index in [-0.39, 0.29) is 23.5 Å². The number of hydrazone groups is 1. The van der Waals surface area contributed by atoms with Crippen LogP contribution in [0.2, 0.25) is 0 Å². The molecule has 24 heavy (non-hydrogen) atoms. The third-order valence-electron chi connectivity index (χ3n) is 2.24. The van der Waals surface area contributed by atoms with Gasteiger partial charge in [-0.3, -0.25) is 15.3 Å². The van der Waals surface area contributed by atoms with Gasteiger partial charge in [0.05, 0.1) is 30.4 Å². The lowest BCUT2D eigenvalue weighted by molar-refractivity contribution is 0.0564. The lowest BCUT2D eigenvalue weighted by atomic mass is 10.2. The fraction of sp³-hybridized carbons (Fsp3) is 0.429. The van der Waals surface area contributed by atoms with Crippen LogP contribution in [-0.4, -0.2) is 31.9 Å². The molecule has 1 rings (SSSR count). The minimum absolute atomic E-state index is 0.0796. The molecule has 1 heterocycles. The number of nitrogens with two attached hydrogens (primary N) is 1. The van der Waals surface area contributed by atoms with Crippen LogP contribution in [0.5, 0.6) is 0 Å². The predicted octanol–water partition coefficient (Wildman–Crippen LogP) is 1.44. The lowest BCUT2D eigenvalue weighted by Gasteiger charge is -2.19. The van der Waals surface area contributed by atoms with Crippen LogP contribution in [0.15, 0.2) is 29.2 Å². The van der Waals surface area contributed by atoms with Gasteiger partial charge in [0.25, 0.3) is 0 Å². The lowest BCUT2D eigenvalue weighted by Crippen LogP contribution is -2.35. The highest BCUT2D eigenvalue weighted by molar-refractivity contribution is 8.16. The Hall–Kier alpha value is -2.33. The average Bonchev–Trinajstić information content (AvgIpc) is 2.51. The third kappa shape index (κ3) is 7.79. The number of alkyl carbamates (subject to hydrolysis) is 1. The zero-order valence-electron chi connectivity index (χ0n) is 13.8. The largest absolute Gasteiger partial charge is 0.481 e. The van der Waals surface area contributed by atoms with Crippen LogP contribution in [0.4, 0.5) is 4.79 Å². The summed E-state index contributed by atoms with van der Waals surface area (Å²) in [5.41, 5.74) is 0.382. The van der Waals surface area contributed by atoms with Crippen LogP contribution in [-0.2, 0) is 22.7 Å². The summed E-state index contributed by atoms with van der Waals surface area (Å²) in [6, 6.07) is 0. The predicted molar refractivity (Wildman–Crippen MR) is 90.5 cm³/mol. The van der Waals surface area contributed by atoms with E-state index in [2.05, 4.69) is 27.0 Å². The van der Waals surface area contributed by atoms with Crippen molar-refractivity contribution in [3.8, 4) is 0 Å². The third-order valence-corrected chi connectivity index (χ3v) is 2.98. The van der Waals surface area contributed by atoms with Gasteiger partial charge in [-0.25, -0.2) is 4.79 Å². The van der Waals surface area contributed by atoms with Gasteiger partial charge in [0, 0.05) is 0 Å². The number of nitrogens with one attached hydrogen (secondary N) is 1. The van der Waals surface area contributed by atoms with Gasteiger partial charge in [0.1, 0.15) is 12.2 Å². The zero-order valence-corrected chi connectivity index (χ0v) is 14.6. The van der Waals surface area contributed by atoms with Gasteiger partial charge in [-0.15, -0.1) is 0 Å². The Balaban J connectivity index is 2.45. The normalized spacial score (nSPS) is 11.8. The molecule has 0 unspecified atom stereocenters. The number of rotatable bonds is 5.